The minimum Gasteiger partial charge on any atom is -0.497 e. The van der Waals surface area contributed by atoms with Gasteiger partial charge in [0, 0.05) is 29.9 Å². The van der Waals surface area contributed by atoms with Crippen molar-refractivity contribution in [2.45, 2.75) is 19.8 Å². The van der Waals surface area contributed by atoms with Gasteiger partial charge in [-0.1, -0.05) is 9.64 Å². The highest BCUT2D eigenvalue weighted by Crippen LogP contribution is 2.21. The van der Waals surface area contributed by atoms with Crippen molar-refractivity contribution in [1.82, 2.24) is 19.7 Å². The van der Waals surface area contributed by atoms with Crippen LogP contribution < -0.4 is 10.1 Å². The average Bonchev–Trinajstić information content (AvgIpc) is 3.36. The Hall–Kier alpha value is -3.34. The zero-order valence-corrected chi connectivity index (χ0v) is 16.0. The van der Waals surface area contributed by atoms with E-state index in [2.05, 4.69) is 25.0 Å². The van der Waals surface area contributed by atoms with Gasteiger partial charge in [-0.05, 0) is 31.2 Å². The van der Waals surface area contributed by atoms with Crippen LogP contribution in [0.1, 0.15) is 29.7 Å². The molecule has 10 nitrogen and oxygen atoms in total. The lowest BCUT2D eigenvalue weighted by Gasteiger charge is -2.03. The second-order valence-electron chi connectivity index (χ2n) is 5.46. The number of aryl methyl sites for hydroxylation is 1. The summed E-state index contributed by atoms with van der Waals surface area (Å²) in [6, 6.07) is 7.22. The van der Waals surface area contributed by atoms with Gasteiger partial charge in [-0.25, -0.2) is 4.79 Å². The second-order valence-corrected chi connectivity index (χ2v) is 6.21. The molecule has 3 rings (SSSR count). The molecule has 11 heteroatoms. The van der Waals surface area contributed by atoms with Crippen molar-refractivity contribution in [3.8, 4) is 17.1 Å². The molecular weight excluding hydrogens is 386 g/mol. The summed E-state index contributed by atoms with van der Waals surface area (Å²) in [6.45, 7) is 1.89. The first-order valence-electron chi connectivity index (χ1n) is 8.37. The zero-order valence-electron chi connectivity index (χ0n) is 15.2. The highest BCUT2D eigenvalue weighted by atomic mass is 32.1. The van der Waals surface area contributed by atoms with E-state index in [1.54, 1.807) is 26.2 Å². The minimum atomic E-state index is -0.632. The minimum absolute atomic E-state index is 0.0141. The Kier molecular flexibility index (Phi) is 6.27. The normalized spacial score (nSPS) is 10.5. The average molecular weight is 403 g/mol. The number of amides is 1. The van der Waals surface area contributed by atoms with E-state index in [1.165, 1.54) is 0 Å². The highest BCUT2D eigenvalue weighted by Gasteiger charge is 2.20. The third kappa shape index (κ3) is 4.68. The first kappa shape index (κ1) is 19.4. The number of aromatic nitrogens is 4. The maximum atomic E-state index is 12.1. The van der Waals surface area contributed by atoms with Gasteiger partial charge in [-0.2, -0.15) is 4.98 Å². The van der Waals surface area contributed by atoms with Gasteiger partial charge in [0.25, 0.3) is 0 Å². The van der Waals surface area contributed by atoms with Gasteiger partial charge >= 0.3 is 5.97 Å². The van der Waals surface area contributed by atoms with E-state index in [4.69, 9.17) is 14.0 Å². The summed E-state index contributed by atoms with van der Waals surface area (Å²) in [5.74, 6) is 0.514. The molecule has 0 aliphatic rings. The van der Waals surface area contributed by atoms with Crippen molar-refractivity contribution < 1.29 is 23.6 Å². The molecule has 0 bridgehead atoms. The van der Waals surface area contributed by atoms with Crippen molar-refractivity contribution in [2.75, 3.05) is 19.0 Å². The lowest BCUT2D eigenvalue weighted by molar-refractivity contribution is -0.116. The summed E-state index contributed by atoms with van der Waals surface area (Å²) in [5.41, 5.74) is 0.759. The quantitative estimate of drug-likeness (QED) is 0.563. The van der Waals surface area contributed by atoms with Crippen molar-refractivity contribution >= 4 is 28.4 Å². The van der Waals surface area contributed by atoms with Crippen LogP contribution in [-0.2, 0) is 16.0 Å². The molecule has 0 unspecified atom stereocenters. The SMILES string of the molecule is CCOC(=O)c1nnsc1NC(=O)CCc1nc(-c2ccc(OC)cc2)no1. The van der Waals surface area contributed by atoms with Crippen LogP contribution in [0.25, 0.3) is 11.4 Å². The number of esters is 1. The van der Waals surface area contributed by atoms with E-state index in [0.29, 0.717) is 11.7 Å². The third-order valence-corrected chi connectivity index (χ3v) is 4.23. The summed E-state index contributed by atoms with van der Waals surface area (Å²) >= 11 is 0.903. The molecule has 0 saturated carbocycles. The van der Waals surface area contributed by atoms with Crippen LogP contribution in [0, 0.1) is 0 Å². The molecule has 28 heavy (non-hydrogen) atoms. The molecule has 0 spiro atoms. The van der Waals surface area contributed by atoms with Crippen LogP contribution >= 0.6 is 11.5 Å². The molecule has 0 aliphatic carbocycles. The van der Waals surface area contributed by atoms with Gasteiger partial charge in [0.15, 0.2) is 5.00 Å². The maximum absolute atomic E-state index is 12.1. The van der Waals surface area contributed by atoms with Gasteiger partial charge in [0.2, 0.25) is 23.3 Å². The molecule has 0 atom stereocenters. The van der Waals surface area contributed by atoms with Gasteiger partial charge < -0.3 is 19.3 Å². The predicted molar refractivity (Wildman–Crippen MR) is 99.1 cm³/mol. The summed E-state index contributed by atoms with van der Waals surface area (Å²) in [6.07, 6.45) is 0.334. The Morgan fingerprint density at radius 1 is 1.25 bits per heavy atom. The number of benzene rings is 1. The summed E-state index contributed by atoms with van der Waals surface area (Å²) < 4.78 is 18.8. The Bertz CT molecular complexity index is 953. The van der Waals surface area contributed by atoms with Gasteiger partial charge in [0.1, 0.15) is 5.75 Å². The molecule has 0 radical (unpaired) electrons. The van der Waals surface area contributed by atoms with E-state index in [0.717, 1.165) is 22.8 Å². The second kappa shape index (κ2) is 9.04. The molecule has 2 aromatic heterocycles. The van der Waals surface area contributed by atoms with Crippen LogP contribution in [0.5, 0.6) is 5.75 Å². The number of hydrogen-bond donors (Lipinski definition) is 1. The molecule has 146 valence electrons. The van der Waals surface area contributed by atoms with E-state index >= 15 is 0 Å². The molecule has 0 fully saturated rings. The van der Waals surface area contributed by atoms with Crippen LogP contribution in [-0.4, -0.2) is 45.3 Å². The van der Waals surface area contributed by atoms with Crippen molar-refractivity contribution in [3.63, 3.8) is 0 Å². The van der Waals surface area contributed by atoms with E-state index in [9.17, 15) is 9.59 Å². The number of carbonyl (C=O) groups excluding carboxylic acids is 2. The molecule has 3 aromatic rings. The van der Waals surface area contributed by atoms with Gasteiger partial charge in [0.05, 0.1) is 13.7 Å². The number of methoxy groups -OCH3 is 1. The number of nitrogens with one attached hydrogen (secondary N) is 1. The molecule has 0 aliphatic heterocycles. The fourth-order valence-corrected chi connectivity index (χ4v) is 2.80. The standard InChI is InChI=1S/C17H17N5O5S/c1-3-26-17(24)14-16(28-22-20-14)18-12(23)8-9-13-19-15(21-27-13)10-4-6-11(25-2)7-5-10/h4-7H,3,8-9H2,1-2H3,(H,18,23). The molecule has 1 aromatic carbocycles. The van der Waals surface area contributed by atoms with Crippen molar-refractivity contribution in [3.05, 3.63) is 35.9 Å². The van der Waals surface area contributed by atoms with Crippen LogP contribution in [0.3, 0.4) is 0 Å². The third-order valence-electron chi connectivity index (χ3n) is 3.59. The molecule has 1 N–H and O–H groups in total. The van der Waals surface area contributed by atoms with Crippen LogP contribution in [0.15, 0.2) is 28.8 Å². The lowest BCUT2D eigenvalue weighted by atomic mass is 10.2. The number of anilines is 1. The molecule has 0 saturated heterocycles. The van der Waals surface area contributed by atoms with Crippen molar-refractivity contribution in [1.29, 1.82) is 0 Å². The van der Waals surface area contributed by atoms with Gasteiger partial charge in [-0.3, -0.25) is 4.79 Å². The highest BCUT2D eigenvalue weighted by molar-refractivity contribution is 7.10. The smallest absolute Gasteiger partial charge is 0.362 e. The van der Waals surface area contributed by atoms with Crippen LogP contribution in [0.2, 0.25) is 0 Å². The fraction of sp³-hybridized carbons (Fsp3) is 0.294. The maximum Gasteiger partial charge on any atom is 0.362 e. The van der Waals surface area contributed by atoms with E-state index < -0.39 is 5.97 Å². The first-order chi connectivity index (χ1) is 13.6. The van der Waals surface area contributed by atoms with E-state index in [-0.39, 0.29) is 36.1 Å². The number of rotatable bonds is 8. The number of ether oxygens (including phenoxy) is 2. The fourth-order valence-electron chi connectivity index (χ4n) is 2.23. The Labute approximate surface area is 164 Å². The Morgan fingerprint density at radius 2 is 2.04 bits per heavy atom. The monoisotopic (exact) mass is 403 g/mol. The topological polar surface area (TPSA) is 129 Å². The number of hydrogen-bond acceptors (Lipinski definition) is 10. The lowest BCUT2D eigenvalue weighted by Crippen LogP contribution is -2.15. The number of carbonyl (C=O) groups is 2. The summed E-state index contributed by atoms with van der Waals surface area (Å²) in [4.78, 5) is 28.2. The van der Waals surface area contributed by atoms with Crippen LogP contribution in [0.4, 0.5) is 5.00 Å². The summed E-state index contributed by atoms with van der Waals surface area (Å²) in [5, 5.41) is 10.4. The largest absolute Gasteiger partial charge is 0.497 e. The molecule has 1 amide bonds. The predicted octanol–water partition coefficient (Wildman–Crippen LogP) is 2.34. The number of nitrogens with zero attached hydrogens (tertiary/aromatic N) is 4. The zero-order chi connectivity index (χ0) is 19.9. The first-order valence-corrected chi connectivity index (χ1v) is 9.14. The van der Waals surface area contributed by atoms with Crippen molar-refractivity contribution in [2.24, 2.45) is 0 Å². The Morgan fingerprint density at radius 3 is 2.75 bits per heavy atom. The summed E-state index contributed by atoms with van der Waals surface area (Å²) in [7, 11) is 1.59. The van der Waals surface area contributed by atoms with Gasteiger partial charge in [-0.15, -0.1) is 5.10 Å². The molecule has 2 heterocycles. The molecular formula is C17H17N5O5S. The Balaban J connectivity index is 1.56. The van der Waals surface area contributed by atoms with E-state index in [1.807, 2.05) is 12.1 Å².